The molecule has 8 nitrogen and oxygen atoms in total. The number of rotatable bonds is 13. The van der Waals surface area contributed by atoms with Crippen LogP contribution in [-0.4, -0.2) is 110 Å². The zero-order valence-electron chi connectivity index (χ0n) is 20.3. The molecule has 1 saturated heterocycles. The second-order valence-corrected chi connectivity index (χ2v) is 7.96. The number of nitrogens with zero attached hydrogens (tertiary/aromatic N) is 4. The maximum absolute atomic E-state index is 5.25. The molecule has 1 heterocycles. The molecule has 0 saturated carbocycles. The first kappa shape index (κ1) is 28.7. The summed E-state index contributed by atoms with van der Waals surface area (Å²) in [5.41, 5.74) is 1.28. The van der Waals surface area contributed by atoms with Gasteiger partial charge in [0.05, 0.1) is 7.11 Å². The lowest BCUT2D eigenvalue weighted by Gasteiger charge is -2.36. The van der Waals surface area contributed by atoms with Crippen LogP contribution in [0.3, 0.4) is 0 Å². The monoisotopic (exact) mass is 562 g/mol. The number of aliphatic imine (C=N–C) groups is 1. The summed E-state index contributed by atoms with van der Waals surface area (Å²) in [6, 6.07) is 8.37. The van der Waals surface area contributed by atoms with E-state index in [-0.39, 0.29) is 24.0 Å². The largest absolute Gasteiger partial charge is 0.497 e. The Labute approximate surface area is 211 Å². The topological polar surface area (TPSA) is 64.6 Å². The summed E-state index contributed by atoms with van der Waals surface area (Å²) in [5, 5.41) is 6.83. The van der Waals surface area contributed by atoms with Crippen molar-refractivity contribution in [1.29, 1.82) is 0 Å². The molecule has 0 unspecified atom stereocenters. The molecule has 0 spiro atoms. The molecule has 2 N–H and O–H groups in total. The van der Waals surface area contributed by atoms with Crippen molar-refractivity contribution in [3.63, 3.8) is 0 Å². The normalized spacial score (nSPS) is 14.9. The number of piperazine rings is 1. The van der Waals surface area contributed by atoms with Crippen LogP contribution < -0.4 is 20.3 Å². The van der Waals surface area contributed by atoms with Gasteiger partial charge in [-0.05, 0) is 50.7 Å². The summed E-state index contributed by atoms with van der Waals surface area (Å²) < 4.78 is 10.4. The smallest absolute Gasteiger partial charge is 0.191 e. The minimum absolute atomic E-state index is 0. The molecule has 0 aromatic heterocycles. The van der Waals surface area contributed by atoms with E-state index in [0.717, 1.165) is 90.1 Å². The molecule has 1 aliphatic heterocycles. The van der Waals surface area contributed by atoms with Crippen LogP contribution in [0.2, 0.25) is 0 Å². The molecule has 32 heavy (non-hydrogen) atoms. The third-order valence-electron chi connectivity index (χ3n) is 5.65. The van der Waals surface area contributed by atoms with Crippen molar-refractivity contribution in [1.82, 2.24) is 20.4 Å². The summed E-state index contributed by atoms with van der Waals surface area (Å²) in [6.07, 6.45) is 2.18. The molecular formula is C23H43IN6O2. The molecule has 2 rings (SSSR count). The minimum atomic E-state index is 0. The summed E-state index contributed by atoms with van der Waals surface area (Å²) in [6.45, 7) is 10.1. The van der Waals surface area contributed by atoms with Crippen LogP contribution in [0.1, 0.15) is 12.8 Å². The Morgan fingerprint density at radius 3 is 2.31 bits per heavy atom. The predicted octanol–water partition coefficient (Wildman–Crippen LogP) is 1.96. The van der Waals surface area contributed by atoms with Gasteiger partial charge in [-0.2, -0.15) is 0 Å². The van der Waals surface area contributed by atoms with Gasteiger partial charge in [0, 0.05) is 78.8 Å². The molecule has 1 aromatic rings. The van der Waals surface area contributed by atoms with Gasteiger partial charge in [0.15, 0.2) is 5.96 Å². The lowest BCUT2D eigenvalue weighted by molar-refractivity contribution is 0.180. The van der Waals surface area contributed by atoms with E-state index in [9.17, 15) is 0 Å². The molecule has 0 amide bonds. The molecule has 0 atom stereocenters. The molecule has 1 fully saturated rings. The molecule has 0 bridgehead atoms. The third kappa shape index (κ3) is 11.0. The fourth-order valence-electron chi connectivity index (χ4n) is 3.71. The lowest BCUT2D eigenvalue weighted by Crippen LogP contribution is -2.47. The molecular weight excluding hydrogens is 519 g/mol. The minimum Gasteiger partial charge on any atom is -0.497 e. The Hall–Kier alpha value is -1.30. The molecule has 0 aliphatic carbocycles. The van der Waals surface area contributed by atoms with Gasteiger partial charge in [0.25, 0.3) is 0 Å². The van der Waals surface area contributed by atoms with Gasteiger partial charge in [0.1, 0.15) is 5.75 Å². The Balaban J connectivity index is 0.00000512. The first-order valence-corrected chi connectivity index (χ1v) is 11.4. The van der Waals surface area contributed by atoms with E-state index in [1.54, 1.807) is 14.2 Å². The first-order valence-electron chi connectivity index (χ1n) is 11.4. The molecule has 0 radical (unpaired) electrons. The van der Waals surface area contributed by atoms with E-state index >= 15 is 0 Å². The SMILES string of the molecule is CN=C(NCCCN1CCN(c2ccc(OC)cc2)CC1)NCCN(C)CCCOC.I. The van der Waals surface area contributed by atoms with Gasteiger partial charge in [-0.25, -0.2) is 0 Å². The highest BCUT2D eigenvalue weighted by molar-refractivity contribution is 14.0. The number of halogens is 1. The Morgan fingerprint density at radius 1 is 1.00 bits per heavy atom. The fraction of sp³-hybridized carbons (Fsp3) is 0.696. The first-order chi connectivity index (χ1) is 15.2. The van der Waals surface area contributed by atoms with Crippen molar-refractivity contribution < 1.29 is 9.47 Å². The Morgan fingerprint density at radius 2 is 1.69 bits per heavy atom. The third-order valence-corrected chi connectivity index (χ3v) is 5.65. The highest BCUT2D eigenvalue weighted by Gasteiger charge is 2.16. The number of methoxy groups -OCH3 is 2. The number of ether oxygens (including phenoxy) is 2. The molecule has 1 aliphatic rings. The average Bonchev–Trinajstić information content (AvgIpc) is 2.81. The van der Waals surface area contributed by atoms with Crippen molar-refractivity contribution >= 4 is 35.6 Å². The summed E-state index contributed by atoms with van der Waals surface area (Å²) in [4.78, 5) is 11.6. The molecule has 9 heteroatoms. The number of hydrogen-bond donors (Lipinski definition) is 2. The second kappa shape index (κ2) is 17.2. The quantitative estimate of drug-likeness (QED) is 0.165. The number of anilines is 1. The Bertz CT molecular complexity index is 623. The summed E-state index contributed by atoms with van der Waals surface area (Å²) >= 11 is 0. The maximum Gasteiger partial charge on any atom is 0.191 e. The second-order valence-electron chi connectivity index (χ2n) is 7.96. The van der Waals surface area contributed by atoms with Crippen LogP contribution in [0.4, 0.5) is 5.69 Å². The van der Waals surface area contributed by atoms with Gasteiger partial charge in [-0.1, -0.05) is 0 Å². The van der Waals surface area contributed by atoms with Crippen molar-refractivity contribution in [2.75, 3.05) is 98.7 Å². The fourth-order valence-corrected chi connectivity index (χ4v) is 3.71. The van der Waals surface area contributed by atoms with Gasteiger partial charge in [-0.15, -0.1) is 24.0 Å². The van der Waals surface area contributed by atoms with Gasteiger partial charge >= 0.3 is 0 Å². The van der Waals surface area contributed by atoms with Gasteiger partial charge in [0.2, 0.25) is 0 Å². The maximum atomic E-state index is 5.25. The van der Waals surface area contributed by atoms with Crippen LogP contribution in [0.5, 0.6) is 5.75 Å². The van der Waals surface area contributed by atoms with Crippen LogP contribution >= 0.6 is 24.0 Å². The van der Waals surface area contributed by atoms with Crippen LogP contribution in [0.25, 0.3) is 0 Å². The predicted molar refractivity (Wildman–Crippen MR) is 145 cm³/mol. The van der Waals surface area contributed by atoms with Gasteiger partial charge < -0.3 is 29.9 Å². The van der Waals surface area contributed by atoms with Crippen LogP contribution in [-0.2, 0) is 4.74 Å². The van der Waals surface area contributed by atoms with Crippen molar-refractivity contribution in [2.45, 2.75) is 12.8 Å². The zero-order chi connectivity index (χ0) is 22.3. The van der Waals surface area contributed by atoms with E-state index in [1.807, 2.05) is 19.2 Å². The van der Waals surface area contributed by atoms with E-state index in [1.165, 1.54) is 5.69 Å². The average molecular weight is 563 g/mol. The molecule has 184 valence electrons. The summed E-state index contributed by atoms with van der Waals surface area (Å²) in [7, 11) is 7.43. The van der Waals surface area contributed by atoms with E-state index in [4.69, 9.17) is 9.47 Å². The van der Waals surface area contributed by atoms with E-state index in [2.05, 4.69) is 49.5 Å². The number of hydrogen-bond acceptors (Lipinski definition) is 6. The van der Waals surface area contributed by atoms with Gasteiger partial charge in [-0.3, -0.25) is 9.89 Å². The molecule has 1 aromatic carbocycles. The van der Waals surface area contributed by atoms with Crippen molar-refractivity contribution in [3.8, 4) is 5.75 Å². The standard InChI is InChI=1S/C23H42N6O2.HI/c1-24-23(26-12-15-27(2)13-6-20-30-3)25-11-5-14-28-16-18-29(19-17-28)21-7-9-22(31-4)10-8-21;/h7-10H,5-6,11-20H2,1-4H3,(H2,24,25,26);1H. The van der Waals surface area contributed by atoms with Crippen LogP contribution in [0.15, 0.2) is 29.3 Å². The number of likely N-dealkylation sites (N-methyl/N-ethyl adjacent to an activating group) is 1. The van der Waals surface area contributed by atoms with Crippen molar-refractivity contribution in [3.05, 3.63) is 24.3 Å². The number of benzene rings is 1. The van der Waals surface area contributed by atoms with E-state index in [0.29, 0.717) is 0 Å². The Kier molecular flexibility index (Phi) is 15.5. The lowest BCUT2D eigenvalue weighted by atomic mass is 10.2. The number of guanidine groups is 1. The number of nitrogens with one attached hydrogen (secondary N) is 2. The van der Waals surface area contributed by atoms with Crippen molar-refractivity contribution in [2.24, 2.45) is 4.99 Å². The highest BCUT2D eigenvalue weighted by Crippen LogP contribution is 2.20. The summed E-state index contributed by atoms with van der Waals surface area (Å²) in [5.74, 6) is 1.79. The van der Waals surface area contributed by atoms with Crippen LogP contribution in [0, 0.1) is 0 Å². The highest BCUT2D eigenvalue weighted by atomic mass is 127. The van der Waals surface area contributed by atoms with E-state index < -0.39 is 0 Å². The zero-order valence-corrected chi connectivity index (χ0v) is 22.6.